The van der Waals surface area contributed by atoms with Gasteiger partial charge in [0.1, 0.15) is 9.79 Å². The summed E-state index contributed by atoms with van der Waals surface area (Å²) < 4.78 is 25.6. The first-order valence-corrected chi connectivity index (χ1v) is 8.29. The Kier molecular flexibility index (Phi) is 3.22. The molecule has 112 valence electrons. The molecule has 0 radical (unpaired) electrons. The number of rotatable bonds is 2. The third kappa shape index (κ3) is 1.99. The lowest BCUT2D eigenvalue weighted by atomic mass is 10.2. The minimum Gasteiger partial charge on any atom is -0.478 e. The SMILES string of the molecule is O=C(O)c1cccc2c1S(=O)(=O)c1c(cccc1C(=O)O)S2. The van der Waals surface area contributed by atoms with Crippen molar-refractivity contribution in [2.75, 3.05) is 0 Å². The predicted octanol–water partition coefficient (Wildman–Crippen LogP) is 2.38. The minimum absolute atomic E-state index is 0.273. The van der Waals surface area contributed by atoms with E-state index in [1.807, 2.05) is 0 Å². The van der Waals surface area contributed by atoms with Gasteiger partial charge in [-0.25, -0.2) is 18.0 Å². The fraction of sp³-hybridized carbons (Fsp3) is 0. The van der Waals surface area contributed by atoms with Gasteiger partial charge in [0.25, 0.3) is 0 Å². The van der Waals surface area contributed by atoms with Crippen LogP contribution in [0.3, 0.4) is 0 Å². The van der Waals surface area contributed by atoms with Crippen molar-refractivity contribution in [2.45, 2.75) is 19.6 Å². The maximum absolute atomic E-state index is 12.8. The molecule has 8 heteroatoms. The number of sulfone groups is 1. The fourth-order valence-corrected chi connectivity index (χ4v) is 5.91. The Balaban J connectivity index is 2.42. The highest BCUT2D eigenvalue weighted by molar-refractivity contribution is 8.02. The first-order chi connectivity index (χ1) is 10.3. The van der Waals surface area contributed by atoms with Crippen molar-refractivity contribution in [1.29, 1.82) is 0 Å². The zero-order valence-electron chi connectivity index (χ0n) is 10.8. The lowest BCUT2D eigenvalue weighted by Crippen LogP contribution is -2.18. The smallest absolute Gasteiger partial charge is 0.337 e. The van der Waals surface area contributed by atoms with Crippen molar-refractivity contribution in [3.8, 4) is 0 Å². The second kappa shape index (κ2) is 4.85. The van der Waals surface area contributed by atoms with Gasteiger partial charge in [0.2, 0.25) is 9.84 Å². The van der Waals surface area contributed by atoms with E-state index in [1.165, 1.54) is 36.4 Å². The first-order valence-electron chi connectivity index (χ1n) is 5.99. The van der Waals surface area contributed by atoms with Gasteiger partial charge in [-0.3, -0.25) is 0 Å². The summed E-state index contributed by atoms with van der Waals surface area (Å²) in [4.78, 5) is 22.4. The molecule has 2 aromatic carbocycles. The highest BCUT2D eigenvalue weighted by Crippen LogP contribution is 2.46. The van der Waals surface area contributed by atoms with E-state index in [2.05, 4.69) is 0 Å². The summed E-state index contributed by atoms with van der Waals surface area (Å²) in [6.07, 6.45) is 0. The minimum atomic E-state index is -4.24. The van der Waals surface area contributed by atoms with Crippen LogP contribution in [0.25, 0.3) is 0 Å². The number of carboxylic acids is 2. The number of hydrogen-bond acceptors (Lipinski definition) is 5. The summed E-state index contributed by atoms with van der Waals surface area (Å²) in [6.45, 7) is 0. The number of fused-ring (bicyclic) bond motifs is 2. The van der Waals surface area contributed by atoms with Crippen LogP contribution in [0.4, 0.5) is 0 Å². The van der Waals surface area contributed by atoms with Crippen LogP contribution in [0.5, 0.6) is 0 Å². The predicted molar refractivity (Wildman–Crippen MR) is 76.4 cm³/mol. The van der Waals surface area contributed by atoms with Crippen molar-refractivity contribution in [3.63, 3.8) is 0 Å². The molecule has 0 fully saturated rings. The first kappa shape index (κ1) is 14.6. The normalized spacial score (nSPS) is 14.7. The van der Waals surface area contributed by atoms with Crippen LogP contribution in [0.2, 0.25) is 0 Å². The van der Waals surface area contributed by atoms with Gasteiger partial charge in [-0.1, -0.05) is 23.9 Å². The van der Waals surface area contributed by atoms with Crippen LogP contribution in [0.15, 0.2) is 56.0 Å². The molecule has 6 nitrogen and oxygen atoms in total. The number of hydrogen-bond donors (Lipinski definition) is 2. The van der Waals surface area contributed by atoms with E-state index in [0.717, 1.165) is 11.8 Å². The molecule has 0 amide bonds. The van der Waals surface area contributed by atoms with Crippen LogP contribution in [0.1, 0.15) is 20.7 Å². The highest BCUT2D eigenvalue weighted by Gasteiger charge is 2.37. The lowest BCUT2D eigenvalue weighted by molar-refractivity contribution is 0.0683. The molecular weight excluding hydrogens is 328 g/mol. The molecule has 0 bridgehead atoms. The quantitative estimate of drug-likeness (QED) is 0.739. The third-order valence-electron chi connectivity index (χ3n) is 3.18. The molecule has 1 heterocycles. The number of aromatic carboxylic acids is 2. The van der Waals surface area contributed by atoms with Crippen LogP contribution in [-0.2, 0) is 9.84 Å². The topological polar surface area (TPSA) is 109 Å². The van der Waals surface area contributed by atoms with Crippen molar-refractivity contribution in [1.82, 2.24) is 0 Å². The standard InChI is InChI=1S/C14H8O6S2/c15-13(16)7-3-1-5-9-11(7)22(19,20)12-8(14(17)18)4-2-6-10(12)21-9/h1-6H,(H,15,16)(H,17,18). The largest absolute Gasteiger partial charge is 0.478 e. The Hall–Kier alpha value is -2.32. The summed E-state index contributed by atoms with van der Waals surface area (Å²) in [7, 11) is -4.24. The summed E-state index contributed by atoms with van der Waals surface area (Å²) in [5.74, 6) is -2.76. The molecule has 22 heavy (non-hydrogen) atoms. The molecule has 0 saturated carbocycles. The van der Waals surface area contributed by atoms with E-state index in [4.69, 9.17) is 0 Å². The van der Waals surface area contributed by atoms with Crippen LogP contribution < -0.4 is 0 Å². The van der Waals surface area contributed by atoms with E-state index in [0.29, 0.717) is 0 Å². The van der Waals surface area contributed by atoms with Gasteiger partial charge in [-0.15, -0.1) is 0 Å². The molecular formula is C14H8O6S2. The Bertz CT molecular complexity index is 861. The number of carboxylic acid groups (broad SMARTS) is 2. The maximum atomic E-state index is 12.8. The van der Waals surface area contributed by atoms with Gasteiger partial charge in [-0.05, 0) is 24.3 Å². The second-order valence-corrected chi connectivity index (χ2v) is 7.39. The molecule has 0 spiro atoms. The monoisotopic (exact) mass is 336 g/mol. The lowest BCUT2D eigenvalue weighted by Gasteiger charge is -2.21. The van der Waals surface area contributed by atoms with Gasteiger partial charge < -0.3 is 10.2 Å². The Labute approximate surface area is 129 Å². The molecule has 0 aliphatic carbocycles. The highest BCUT2D eigenvalue weighted by atomic mass is 32.2. The van der Waals surface area contributed by atoms with E-state index < -0.39 is 21.8 Å². The molecule has 0 atom stereocenters. The second-order valence-electron chi connectivity index (χ2n) is 4.48. The summed E-state index contributed by atoms with van der Waals surface area (Å²) in [5, 5.41) is 18.4. The Morgan fingerprint density at radius 2 is 1.23 bits per heavy atom. The zero-order valence-corrected chi connectivity index (χ0v) is 12.4. The van der Waals surface area contributed by atoms with Crippen molar-refractivity contribution < 1.29 is 28.2 Å². The zero-order chi connectivity index (χ0) is 16.1. The average Bonchev–Trinajstić information content (AvgIpc) is 2.45. The van der Waals surface area contributed by atoms with Crippen LogP contribution in [0, 0.1) is 0 Å². The van der Waals surface area contributed by atoms with Gasteiger partial charge in [0.05, 0.1) is 11.1 Å². The molecule has 1 aliphatic heterocycles. The summed E-state index contributed by atoms with van der Waals surface area (Å²) >= 11 is 1.04. The molecule has 0 aromatic heterocycles. The van der Waals surface area contributed by atoms with E-state index >= 15 is 0 Å². The van der Waals surface area contributed by atoms with Gasteiger partial charge in [0, 0.05) is 9.79 Å². The molecule has 1 aliphatic rings. The fourth-order valence-electron chi connectivity index (χ4n) is 2.30. The molecule has 0 unspecified atom stereocenters. The van der Waals surface area contributed by atoms with Gasteiger partial charge in [-0.2, -0.15) is 0 Å². The van der Waals surface area contributed by atoms with Crippen molar-refractivity contribution in [2.24, 2.45) is 0 Å². The van der Waals surface area contributed by atoms with Gasteiger partial charge in [0.15, 0.2) is 0 Å². The van der Waals surface area contributed by atoms with E-state index in [-0.39, 0.29) is 30.7 Å². The molecule has 2 N–H and O–H groups in total. The van der Waals surface area contributed by atoms with Crippen molar-refractivity contribution >= 4 is 33.5 Å². The summed E-state index contributed by atoms with van der Waals surface area (Å²) in [6, 6.07) is 8.29. The molecule has 3 rings (SSSR count). The Morgan fingerprint density at radius 1 is 0.818 bits per heavy atom. The van der Waals surface area contributed by atoms with Crippen LogP contribution in [-0.4, -0.2) is 30.6 Å². The number of carbonyl (C=O) groups is 2. The maximum Gasteiger partial charge on any atom is 0.337 e. The van der Waals surface area contributed by atoms with Crippen molar-refractivity contribution in [3.05, 3.63) is 47.5 Å². The Morgan fingerprint density at radius 3 is 1.59 bits per heavy atom. The summed E-state index contributed by atoms with van der Waals surface area (Å²) in [5.41, 5.74) is -0.730. The number of benzene rings is 2. The average molecular weight is 336 g/mol. The van der Waals surface area contributed by atoms with E-state index in [1.54, 1.807) is 0 Å². The van der Waals surface area contributed by atoms with Gasteiger partial charge >= 0.3 is 11.9 Å². The molecule has 2 aromatic rings. The van der Waals surface area contributed by atoms with E-state index in [9.17, 15) is 28.2 Å². The third-order valence-corrected chi connectivity index (χ3v) is 6.51. The molecule has 0 saturated heterocycles. The van der Waals surface area contributed by atoms with Crippen LogP contribution >= 0.6 is 11.8 Å².